The predicted octanol–water partition coefficient (Wildman–Crippen LogP) is 10.8. The largest absolute Gasteiger partial charge is 0.452 e. The molecule has 0 amide bonds. The van der Waals surface area contributed by atoms with Gasteiger partial charge in [-0.1, -0.05) is 123 Å². The fourth-order valence-electron chi connectivity index (χ4n) is 7.21. The van der Waals surface area contributed by atoms with Crippen molar-refractivity contribution in [3.8, 4) is 44.9 Å². The number of aromatic nitrogens is 2. The Kier molecular flexibility index (Phi) is 5.24. The van der Waals surface area contributed by atoms with Crippen LogP contribution in [0, 0.1) is 0 Å². The maximum Gasteiger partial charge on any atom is 0.180 e. The fraction of sp³-hybridized carbons (Fsp3) is 0.0732. The second-order valence-corrected chi connectivity index (χ2v) is 12.2. The number of rotatable bonds is 3. The van der Waals surface area contributed by atoms with E-state index in [4.69, 9.17) is 14.4 Å². The zero-order valence-electron chi connectivity index (χ0n) is 24.5. The molecule has 3 nitrogen and oxygen atoms in total. The lowest BCUT2D eigenvalue weighted by molar-refractivity contribution is 0.666. The lowest BCUT2D eigenvalue weighted by Gasteiger charge is -2.24. The van der Waals surface area contributed by atoms with E-state index in [-0.39, 0.29) is 5.41 Å². The summed E-state index contributed by atoms with van der Waals surface area (Å²) < 4.78 is 6.42. The lowest BCUT2D eigenvalue weighted by Crippen LogP contribution is -2.15. The van der Waals surface area contributed by atoms with Crippen LogP contribution in [-0.2, 0) is 5.41 Å². The SMILES string of the molecule is CC1(C)c2ccccc2-c2c(-c3nc(-c4ccccc4)c4oc5ccccc5c4n3)cc3cc(-c4ccccc4)ccc3c21. The van der Waals surface area contributed by atoms with Crippen molar-refractivity contribution >= 4 is 32.8 Å². The van der Waals surface area contributed by atoms with Crippen molar-refractivity contribution < 1.29 is 4.42 Å². The molecule has 0 spiro atoms. The van der Waals surface area contributed by atoms with Crippen molar-refractivity contribution in [2.75, 3.05) is 0 Å². The monoisotopic (exact) mass is 564 g/mol. The molecule has 0 fully saturated rings. The predicted molar refractivity (Wildman–Crippen MR) is 181 cm³/mol. The van der Waals surface area contributed by atoms with E-state index in [1.807, 2.05) is 36.4 Å². The molecule has 0 radical (unpaired) electrons. The van der Waals surface area contributed by atoms with Gasteiger partial charge in [0, 0.05) is 21.9 Å². The fourth-order valence-corrected chi connectivity index (χ4v) is 7.21. The van der Waals surface area contributed by atoms with E-state index in [2.05, 4.69) is 111 Å². The number of furan rings is 1. The Morgan fingerprint density at radius 2 is 1.27 bits per heavy atom. The quantitative estimate of drug-likeness (QED) is 0.214. The Morgan fingerprint density at radius 3 is 2.09 bits per heavy atom. The van der Waals surface area contributed by atoms with Crippen molar-refractivity contribution in [2.45, 2.75) is 19.3 Å². The molecule has 0 saturated carbocycles. The van der Waals surface area contributed by atoms with E-state index in [1.165, 1.54) is 44.2 Å². The Bertz CT molecular complexity index is 2400. The average Bonchev–Trinajstić information content (AvgIpc) is 3.57. The van der Waals surface area contributed by atoms with Gasteiger partial charge < -0.3 is 4.42 Å². The topological polar surface area (TPSA) is 38.9 Å². The molecule has 2 aromatic heterocycles. The molecule has 0 bridgehead atoms. The van der Waals surface area contributed by atoms with Crippen LogP contribution < -0.4 is 0 Å². The molecule has 0 atom stereocenters. The van der Waals surface area contributed by atoms with Gasteiger partial charge in [-0.2, -0.15) is 0 Å². The number of benzene rings is 6. The summed E-state index contributed by atoms with van der Waals surface area (Å²) >= 11 is 0. The number of nitrogens with zero attached hydrogens (tertiary/aromatic N) is 2. The Hall–Kier alpha value is -5.54. The first-order valence-electron chi connectivity index (χ1n) is 15.1. The van der Waals surface area contributed by atoms with Crippen LogP contribution in [0.4, 0.5) is 0 Å². The van der Waals surface area contributed by atoms with Gasteiger partial charge in [0.25, 0.3) is 0 Å². The van der Waals surface area contributed by atoms with Crippen LogP contribution in [0.25, 0.3) is 77.7 Å². The first-order valence-corrected chi connectivity index (χ1v) is 15.1. The van der Waals surface area contributed by atoms with E-state index in [0.717, 1.165) is 33.3 Å². The van der Waals surface area contributed by atoms with Crippen LogP contribution in [0.1, 0.15) is 25.0 Å². The van der Waals surface area contributed by atoms with E-state index < -0.39 is 0 Å². The zero-order valence-corrected chi connectivity index (χ0v) is 24.5. The maximum atomic E-state index is 6.42. The van der Waals surface area contributed by atoms with Crippen molar-refractivity contribution in [1.82, 2.24) is 9.97 Å². The maximum absolute atomic E-state index is 6.42. The molecule has 0 saturated heterocycles. The van der Waals surface area contributed by atoms with Crippen LogP contribution in [0.3, 0.4) is 0 Å². The van der Waals surface area contributed by atoms with E-state index in [0.29, 0.717) is 11.4 Å². The first kappa shape index (κ1) is 25.0. The van der Waals surface area contributed by atoms with Crippen molar-refractivity contribution in [2.24, 2.45) is 0 Å². The average molecular weight is 565 g/mol. The summed E-state index contributed by atoms with van der Waals surface area (Å²) in [5.41, 5.74) is 12.5. The highest BCUT2D eigenvalue weighted by Crippen LogP contribution is 2.55. The minimum absolute atomic E-state index is 0.191. The summed E-state index contributed by atoms with van der Waals surface area (Å²) in [6.45, 7) is 4.68. The molecule has 0 unspecified atom stereocenters. The van der Waals surface area contributed by atoms with Gasteiger partial charge in [0.15, 0.2) is 11.4 Å². The summed E-state index contributed by atoms with van der Waals surface area (Å²) in [6.07, 6.45) is 0. The van der Waals surface area contributed by atoms with Gasteiger partial charge in [0.05, 0.1) is 0 Å². The van der Waals surface area contributed by atoms with E-state index in [1.54, 1.807) is 0 Å². The standard InChI is InChI=1S/C41H28N2O/c1-41(2)33-19-11-9-17-30(33)35-32(24-28-23-27(21-22-29(28)36(35)41)25-13-5-3-6-14-25)40-42-37(26-15-7-4-8-16-26)39-38(43-40)31-18-10-12-20-34(31)44-39/h3-24H,1-2H3. The van der Waals surface area contributed by atoms with Crippen LogP contribution in [-0.4, -0.2) is 9.97 Å². The van der Waals surface area contributed by atoms with E-state index in [9.17, 15) is 0 Å². The summed E-state index contributed by atoms with van der Waals surface area (Å²) in [4.78, 5) is 10.6. The van der Waals surface area contributed by atoms with Gasteiger partial charge >= 0.3 is 0 Å². The molecule has 1 aliphatic carbocycles. The Morgan fingerprint density at radius 1 is 0.568 bits per heavy atom. The molecule has 0 N–H and O–H groups in total. The third-order valence-electron chi connectivity index (χ3n) is 9.25. The normalized spacial score (nSPS) is 13.4. The van der Waals surface area contributed by atoms with Crippen molar-refractivity contribution in [3.05, 3.63) is 145 Å². The summed E-state index contributed by atoms with van der Waals surface area (Å²) in [6, 6.07) is 47.0. The Labute approximate surface area is 255 Å². The second-order valence-electron chi connectivity index (χ2n) is 12.2. The smallest absolute Gasteiger partial charge is 0.180 e. The summed E-state index contributed by atoms with van der Waals surface area (Å²) in [5.74, 6) is 0.707. The highest BCUT2D eigenvalue weighted by molar-refractivity contribution is 6.09. The van der Waals surface area contributed by atoms with Gasteiger partial charge in [-0.3, -0.25) is 0 Å². The minimum atomic E-state index is -0.191. The van der Waals surface area contributed by atoms with E-state index >= 15 is 0 Å². The van der Waals surface area contributed by atoms with Crippen LogP contribution >= 0.6 is 0 Å². The third kappa shape index (κ3) is 3.56. The Balaban J connectivity index is 1.42. The van der Waals surface area contributed by atoms with Gasteiger partial charge in [-0.15, -0.1) is 0 Å². The molecular weight excluding hydrogens is 536 g/mol. The number of para-hydroxylation sites is 1. The highest BCUT2D eigenvalue weighted by Gasteiger charge is 2.39. The molecule has 208 valence electrons. The number of fused-ring (bicyclic) bond motifs is 8. The van der Waals surface area contributed by atoms with Crippen LogP contribution in [0.2, 0.25) is 0 Å². The molecule has 1 aliphatic rings. The van der Waals surface area contributed by atoms with Gasteiger partial charge in [0.1, 0.15) is 16.8 Å². The second kappa shape index (κ2) is 9.23. The number of hydrogen-bond acceptors (Lipinski definition) is 3. The van der Waals surface area contributed by atoms with Crippen LogP contribution in [0.5, 0.6) is 0 Å². The molecule has 0 aliphatic heterocycles. The molecule has 3 heteroatoms. The van der Waals surface area contributed by atoms with Gasteiger partial charge in [0.2, 0.25) is 0 Å². The van der Waals surface area contributed by atoms with Crippen molar-refractivity contribution in [3.63, 3.8) is 0 Å². The molecule has 6 aromatic carbocycles. The van der Waals surface area contributed by atoms with Crippen molar-refractivity contribution in [1.29, 1.82) is 0 Å². The molecule has 44 heavy (non-hydrogen) atoms. The van der Waals surface area contributed by atoms with Gasteiger partial charge in [-0.25, -0.2) is 9.97 Å². The first-order chi connectivity index (χ1) is 21.6. The lowest BCUT2D eigenvalue weighted by atomic mass is 9.79. The zero-order chi connectivity index (χ0) is 29.4. The molecular formula is C41H28N2O. The number of hydrogen-bond donors (Lipinski definition) is 0. The third-order valence-corrected chi connectivity index (χ3v) is 9.25. The molecule has 2 heterocycles. The summed E-state index contributed by atoms with van der Waals surface area (Å²) in [7, 11) is 0. The highest BCUT2D eigenvalue weighted by atomic mass is 16.3. The van der Waals surface area contributed by atoms with Gasteiger partial charge in [-0.05, 0) is 68.4 Å². The minimum Gasteiger partial charge on any atom is -0.452 e. The molecule has 9 rings (SSSR count). The molecule has 8 aromatic rings. The summed E-state index contributed by atoms with van der Waals surface area (Å²) in [5, 5.41) is 3.44. The van der Waals surface area contributed by atoms with Crippen LogP contribution in [0.15, 0.2) is 138 Å².